The Morgan fingerprint density at radius 1 is 1.00 bits per heavy atom. The van der Waals surface area contributed by atoms with Gasteiger partial charge in [-0.15, -0.1) is 0 Å². The monoisotopic (exact) mass is 270 g/mol. The van der Waals surface area contributed by atoms with Gasteiger partial charge in [0.2, 0.25) is 5.12 Å². The maximum Gasteiger partial charge on any atom is 0.216 e. The van der Waals surface area contributed by atoms with Crippen molar-refractivity contribution in [2.45, 2.75) is 5.75 Å². The van der Waals surface area contributed by atoms with Crippen LogP contribution in [0.5, 0.6) is 0 Å². The minimum atomic E-state index is -0.148. The molecular weight excluding hydrogens is 256 g/mol. The Morgan fingerprint density at radius 2 is 1.58 bits per heavy atom. The molecule has 2 nitrogen and oxygen atoms in total. The molecule has 19 heavy (non-hydrogen) atoms. The molecule has 0 atom stereocenters. The maximum absolute atomic E-state index is 11.7. The van der Waals surface area contributed by atoms with Crippen molar-refractivity contribution in [1.29, 1.82) is 0 Å². The lowest BCUT2D eigenvalue weighted by Crippen LogP contribution is -1.91. The van der Waals surface area contributed by atoms with Crippen LogP contribution in [0.3, 0.4) is 0 Å². The number of hydrogen-bond acceptors (Lipinski definition) is 3. The van der Waals surface area contributed by atoms with Gasteiger partial charge in [-0.05, 0) is 5.56 Å². The van der Waals surface area contributed by atoms with Crippen molar-refractivity contribution in [2.75, 3.05) is 0 Å². The van der Waals surface area contributed by atoms with E-state index in [-0.39, 0.29) is 10.9 Å². The fourth-order valence-corrected chi connectivity index (χ4v) is 2.27. The summed E-state index contributed by atoms with van der Waals surface area (Å²) in [5.74, 6) is 0.615. The van der Waals surface area contributed by atoms with Crippen LogP contribution in [0.2, 0.25) is 0 Å². The van der Waals surface area contributed by atoms with Gasteiger partial charge in [0, 0.05) is 17.4 Å². The van der Waals surface area contributed by atoms with E-state index >= 15 is 0 Å². The van der Waals surface area contributed by atoms with Crippen LogP contribution in [0, 0.1) is 0 Å². The molecule has 0 saturated carbocycles. The van der Waals surface area contributed by atoms with Crippen LogP contribution < -0.4 is 0 Å². The van der Waals surface area contributed by atoms with E-state index in [1.54, 1.807) is 12.1 Å². The van der Waals surface area contributed by atoms with Gasteiger partial charge < -0.3 is 5.11 Å². The van der Waals surface area contributed by atoms with Crippen LogP contribution in [0.4, 0.5) is 0 Å². The van der Waals surface area contributed by atoms with Crippen LogP contribution in [-0.2, 0) is 10.5 Å². The summed E-state index contributed by atoms with van der Waals surface area (Å²) < 4.78 is 0. The summed E-state index contributed by atoms with van der Waals surface area (Å²) in [5.41, 5.74) is 1.74. The van der Waals surface area contributed by atoms with Gasteiger partial charge in [-0.25, -0.2) is 0 Å². The summed E-state index contributed by atoms with van der Waals surface area (Å²) in [6.07, 6.45) is 1.27. The zero-order chi connectivity index (χ0) is 13.5. The van der Waals surface area contributed by atoms with Gasteiger partial charge in [0.05, 0.1) is 0 Å². The van der Waals surface area contributed by atoms with Crippen molar-refractivity contribution < 1.29 is 9.90 Å². The van der Waals surface area contributed by atoms with Gasteiger partial charge in [-0.3, -0.25) is 4.79 Å². The highest BCUT2D eigenvalue weighted by Crippen LogP contribution is 2.16. The average molecular weight is 270 g/mol. The second kappa shape index (κ2) is 6.81. The molecule has 0 heterocycles. The quantitative estimate of drug-likeness (QED) is 0.673. The number of carbonyl (C=O) groups is 1. The Bertz CT molecular complexity index is 562. The molecule has 0 aliphatic heterocycles. The zero-order valence-electron chi connectivity index (χ0n) is 10.3. The van der Waals surface area contributed by atoms with Crippen molar-refractivity contribution in [3.8, 4) is 0 Å². The second-order valence-corrected chi connectivity index (χ2v) is 4.97. The molecule has 0 aromatic heterocycles. The summed E-state index contributed by atoms with van der Waals surface area (Å²) in [5, 5.41) is 9.67. The average Bonchev–Trinajstić information content (AvgIpc) is 2.47. The predicted octanol–water partition coefficient (Wildman–Crippen LogP) is 4.05. The summed E-state index contributed by atoms with van der Waals surface area (Å²) >= 11 is 1.18. The molecule has 2 rings (SSSR count). The predicted molar refractivity (Wildman–Crippen MR) is 79.8 cm³/mol. The summed E-state index contributed by atoms with van der Waals surface area (Å²) in [4.78, 5) is 11.7. The van der Waals surface area contributed by atoms with E-state index in [1.165, 1.54) is 17.8 Å². The number of thioether (sulfide) groups is 1. The van der Waals surface area contributed by atoms with Crippen LogP contribution in [0.15, 0.2) is 66.7 Å². The molecule has 0 aliphatic carbocycles. The van der Waals surface area contributed by atoms with Crippen molar-refractivity contribution in [1.82, 2.24) is 0 Å². The Balaban J connectivity index is 1.94. The van der Waals surface area contributed by atoms with Crippen molar-refractivity contribution in [3.05, 3.63) is 77.9 Å². The molecule has 0 saturated heterocycles. The molecule has 0 radical (unpaired) electrons. The lowest BCUT2D eigenvalue weighted by molar-refractivity contribution is -0.107. The van der Waals surface area contributed by atoms with E-state index in [1.807, 2.05) is 48.5 Å². The van der Waals surface area contributed by atoms with E-state index < -0.39 is 0 Å². The first kappa shape index (κ1) is 13.4. The van der Waals surface area contributed by atoms with Crippen molar-refractivity contribution in [3.63, 3.8) is 0 Å². The number of carbonyl (C=O) groups excluding carboxylic acids is 1. The third-order valence-corrected chi connectivity index (χ3v) is 3.43. The van der Waals surface area contributed by atoms with Crippen LogP contribution in [0.25, 0.3) is 5.76 Å². The van der Waals surface area contributed by atoms with Gasteiger partial charge >= 0.3 is 0 Å². The van der Waals surface area contributed by atoms with Crippen LogP contribution in [-0.4, -0.2) is 10.2 Å². The molecule has 0 amide bonds. The largest absolute Gasteiger partial charge is 0.507 e. The highest BCUT2D eigenvalue weighted by molar-refractivity contribution is 8.13. The normalized spacial score (nSPS) is 11.3. The highest BCUT2D eigenvalue weighted by atomic mass is 32.2. The second-order valence-electron chi connectivity index (χ2n) is 3.99. The minimum absolute atomic E-state index is 0.00571. The van der Waals surface area contributed by atoms with E-state index in [0.29, 0.717) is 11.3 Å². The topological polar surface area (TPSA) is 37.3 Å². The number of benzene rings is 2. The number of aliphatic hydroxyl groups excluding tert-OH is 1. The molecule has 0 unspecified atom stereocenters. The van der Waals surface area contributed by atoms with Crippen molar-refractivity contribution in [2.24, 2.45) is 0 Å². The van der Waals surface area contributed by atoms with E-state index in [9.17, 15) is 9.90 Å². The lowest BCUT2D eigenvalue weighted by Gasteiger charge is -2.00. The lowest BCUT2D eigenvalue weighted by atomic mass is 10.2. The Kier molecular flexibility index (Phi) is 4.81. The first-order valence-corrected chi connectivity index (χ1v) is 6.91. The molecule has 1 N–H and O–H groups in total. The maximum atomic E-state index is 11.7. The number of hydrogen-bond donors (Lipinski definition) is 1. The third-order valence-electron chi connectivity index (χ3n) is 2.55. The first-order valence-electron chi connectivity index (χ1n) is 5.92. The third kappa shape index (κ3) is 4.30. The zero-order valence-corrected chi connectivity index (χ0v) is 11.1. The van der Waals surface area contributed by atoms with E-state index in [2.05, 4.69) is 0 Å². The fourth-order valence-electron chi connectivity index (χ4n) is 1.57. The summed E-state index contributed by atoms with van der Waals surface area (Å²) in [6.45, 7) is 0. The van der Waals surface area contributed by atoms with Gasteiger partial charge in [0.25, 0.3) is 0 Å². The molecule has 0 bridgehead atoms. The molecule has 0 aliphatic rings. The molecule has 0 spiro atoms. The molecule has 96 valence electrons. The van der Waals surface area contributed by atoms with Crippen LogP contribution >= 0.6 is 11.8 Å². The molecule has 3 heteroatoms. The fraction of sp³-hybridized carbons (Fsp3) is 0.0625. The summed E-state index contributed by atoms with van der Waals surface area (Å²) in [6, 6.07) is 18.8. The van der Waals surface area contributed by atoms with Gasteiger partial charge in [0.1, 0.15) is 5.76 Å². The van der Waals surface area contributed by atoms with Gasteiger partial charge in [0.15, 0.2) is 0 Å². The smallest absolute Gasteiger partial charge is 0.216 e. The molecule has 2 aromatic carbocycles. The minimum Gasteiger partial charge on any atom is -0.507 e. The van der Waals surface area contributed by atoms with Crippen molar-refractivity contribution >= 4 is 22.6 Å². The SMILES string of the molecule is O=C(/C=C(\O)c1ccccc1)SCc1ccccc1. The molecule has 2 aromatic rings. The highest BCUT2D eigenvalue weighted by Gasteiger charge is 2.04. The Hall–Kier alpha value is -2.00. The Labute approximate surface area is 116 Å². The molecular formula is C16H14O2S. The van der Waals surface area contributed by atoms with Gasteiger partial charge in [-0.1, -0.05) is 72.4 Å². The summed E-state index contributed by atoms with van der Waals surface area (Å²) in [7, 11) is 0. The van der Waals surface area contributed by atoms with E-state index in [4.69, 9.17) is 0 Å². The Morgan fingerprint density at radius 3 is 2.21 bits per heavy atom. The molecule has 0 fully saturated rings. The van der Waals surface area contributed by atoms with Gasteiger partial charge in [-0.2, -0.15) is 0 Å². The van der Waals surface area contributed by atoms with Crippen LogP contribution in [0.1, 0.15) is 11.1 Å². The number of aliphatic hydroxyl groups is 1. The van der Waals surface area contributed by atoms with E-state index in [0.717, 1.165) is 5.56 Å². The first-order chi connectivity index (χ1) is 9.25. The standard InChI is InChI=1S/C16H14O2S/c17-15(14-9-5-2-6-10-14)11-16(18)19-12-13-7-3-1-4-8-13/h1-11,17H,12H2/b15-11-. The number of rotatable bonds is 4.